The highest BCUT2D eigenvalue weighted by Gasteiger charge is 2.35. The van der Waals surface area contributed by atoms with Crippen LogP contribution in [0.25, 0.3) is 11.1 Å². The van der Waals surface area contributed by atoms with Crippen LogP contribution in [0.4, 0.5) is 0 Å². The molecule has 0 radical (unpaired) electrons. The molecule has 0 bridgehead atoms. The lowest BCUT2D eigenvalue weighted by molar-refractivity contribution is -0.132. The highest BCUT2D eigenvalue weighted by Crippen LogP contribution is 2.31. The number of nitrogens with one attached hydrogen (secondary N) is 5. The number of benzene rings is 2. The molecule has 2 unspecified atom stereocenters. The Morgan fingerprint density at radius 1 is 0.844 bits per heavy atom. The van der Waals surface area contributed by atoms with Gasteiger partial charge in [-0.1, -0.05) is 49.7 Å². The predicted molar refractivity (Wildman–Crippen MR) is 169 cm³/mol. The topological polar surface area (TPSA) is 163 Å². The molecule has 0 aromatic heterocycles. The van der Waals surface area contributed by atoms with Crippen molar-refractivity contribution in [1.82, 2.24) is 26.6 Å². The molecular weight excluding hydrogens is 574 g/mol. The summed E-state index contributed by atoms with van der Waals surface area (Å²) in [6.07, 6.45) is 5.83. The Hall–Kier alpha value is -4.54. The summed E-state index contributed by atoms with van der Waals surface area (Å²) in [5.41, 5.74) is 3.68. The van der Waals surface area contributed by atoms with Gasteiger partial charge in [-0.2, -0.15) is 0 Å². The van der Waals surface area contributed by atoms with Crippen molar-refractivity contribution in [2.75, 3.05) is 19.6 Å². The van der Waals surface area contributed by atoms with Crippen molar-refractivity contribution >= 4 is 35.3 Å². The van der Waals surface area contributed by atoms with Gasteiger partial charge in [-0.05, 0) is 73.8 Å². The van der Waals surface area contributed by atoms with Crippen LogP contribution in [-0.2, 0) is 30.4 Å². The third kappa shape index (κ3) is 10.5. The number of carbonyl (C=O) groups excluding carboxylic acids is 6. The molecule has 1 aliphatic heterocycles. The molecule has 45 heavy (non-hydrogen) atoms. The number of aryl methyl sites for hydroxylation is 1. The van der Waals surface area contributed by atoms with Crippen LogP contribution in [0.2, 0.25) is 0 Å². The second-order valence-electron chi connectivity index (χ2n) is 11.7. The SMILES string of the molecule is CCCCc1ccc(-c2ccc(C(=O)NCC(=O)NC3CCC(=O)NCCCC(C(=O)C4CC4)NC(=O)CNC3=O)cc2)cc1. The van der Waals surface area contributed by atoms with Gasteiger partial charge in [0.1, 0.15) is 6.04 Å². The average Bonchev–Trinajstić information content (AvgIpc) is 3.90. The summed E-state index contributed by atoms with van der Waals surface area (Å²) < 4.78 is 0. The van der Waals surface area contributed by atoms with Gasteiger partial charge in [0.05, 0.1) is 19.1 Å². The summed E-state index contributed by atoms with van der Waals surface area (Å²) >= 11 is 0. The molecule has 1 saturated heterocycles. The van der Waals surface area contributed by atoms with Crippen LogP contribution in [-0.4, -0.2) is 67.0 Å². The van der Waals surface area contributed by atoms with E-state index >= 15 is 0 Å². The van der Waals surface area contributed by atoms with Gasteiger partial charge in [-0.25, -0.2) is 0 Å². The largest absolute Gasteiger partial charge is 0.356 e. The first-order chi connectivity index (χ1) is 21.7. The van der Waals surface area contributed by atoms with Gasteiger partial charge in [0.2, 0.25) is 23.6 Å². The first kappa shape index (κ1) is 33.4. The second kappa shape index (κ2) is 16.5. The zero-order valence-corrected chi connectivity index (χ0v) is 25.8. The second-order valence-corrected chi connectivity index (χ2v) is 11.7. The molecule has 1 saturated carbocycles. The van der Waals surface area contributed by atoms with Gasteiger partial charge in [0.25, 0.3) is 5.91 Å². The van der Waals surface area contributed by atoms with E-state index in [0.717, 1.165) is 43.2 Å². The Kier molecular flexibility index (Phi) is 12.2. The number of rotatable bonds is 10. The normalized spacial score (nSPS) is 19.7. The van der Waals surface area contributed by atoms with E-state index in [1.807, 2.05) is 12.1 Å². The lowest BCUT2D eigenvalue weighted by Crippen LogP contribution is -2.52. The fourth-order valence-electron chi connectivity index (χ4n) is 5.21. The number of carbonyl (C=O) groups is 6. The van der Waals surface area contributed by atoms with E-state index in [1.54, 1.807) is 12.1 Å². The molecule has 240 valence electrons. The van der Waals surface area contributed by atoms with Gasteiger partial charge < -0.3 is 26.6 Å². The molecule has 1 heterocycles. The zero-order chi connectivity index (χ0) is 32.2. The quantitative estimate of drug-likeness (QED) is 0.275. The highest BCUT2D eigenvalue weighted by atomic mass is 16.2. The fraction of sp³-hybridized carbons (Fsp3) is 0.471. The van der Waals surface area contributed by atoms with E-state index < -0.39 is 35.7 Å². The molecule has 2 aliphatic rings. The summed E-state index contributed by atoms with van der Waals surface area (Å²) in [5, 5.41) is 13.1. The molecule has 5 N–H and O–H groups in total. The number of hydrogen-bond donors (Lipinski definition) is 5. The molecule has 2 fully saturated rings. The molecule has 1 aliphatic carbocycles. The smallest absolute Gasteiger partial charge is 0.251 e. The monoisotopic (exact) mass is 617 g/mol. The molecule has 2 aromatic rings. The molecule has 11 nitrogen and oxygen atoms in total. The Morgan fingerprint density at radius 3 is 2.20 bits per heavy atom. The number of unbranched alkanes of at least 4 members (excludes halogenated alkanes) is 1. The third-order valence-corrected chi connectivity index (χ3v) is 8.05. The molecular formula is C34H43N5O6. The van der Waals surface area contributed by atoms with Crippen LogP contribution in [0, 0.1) is 5.92 Å². The van der Waals surface area contributed by atoms with E-state index in [9.17, 15) is 28.8 Å². The lowest BCUT2D eigenvalue weighted by atomic mass is 10.0. The minimum atomic E-state index is -1.10. The summed E-state index contributed by atoms with van der Waals surface area (Å²) in [7, 11) is 0. The lowest BCUT2D eigenvalue weighted by Gasteiger charge is -2.21. The van der Waals surface area contributed by atoms with E-state index in [2.05, 4.69) is 57.8 Å². The summed E-state index contributed by atoms with van der Waals surface area (Å²) in [5.74, 6) is -2.58. The Morgan fingerprint density at radius 2 is 1.53 bits per heavy atom. The first-order valence-corrected chi connectivity index (χ1v) is 15.9. The molecule has 11 heteroatoms. The standard InChI is InChI=1S/C34H43N5O6/c1-2-3-5-22-7-9-23(10-8-22)24-11-15-26(16-12-24)33(44)36-20-31(42)39-28-17-18-29(40)35-19-4-6-27(32(43)25-13-14-25)38-30(41)21-37-34(28)45/h7-12,15-16,25,27-28H,2-6,13-14,17-21H2,1H3,(H,35,40)(H,36,44)(H,37,45)(H,38,41)(H,39,42). The van der Waals surface area contributed by atoms with E-state index in [0.29, 0.717) is 24.9 Å². The van der Waals surface area contributed by atoms with Gasteiger partial charge in [0, 0.05) is 24.4 Å². The van der Waals surface area contributed by atoms with Crippen molar-refractivity contribution in [1.29, 1.82) is 0 Å². The Bertz CT molecular complexity index is 1370. The van der Waals surface area contributed by atoms with Crippen LogP contribution in [0.1, 0.15) is 74.2 Å². The number of amides is 5. The van der Waals surface area contributed by atoms with Gasteiger partial charge in [-0.15, -0.1) is 0 Å². The first-order valence-electron chi connectivity index (χ1n) is 15.9. The summed E-state index contributed by atoms with van der Waals surface area (Å²) in [6.45, 7) is 1.73. The van der Waals surface area contributed by atoms with E-state index in [4.69, 9.17) is 0 Å². The predicted octanol–water partition coefficient (Wildman–Crippen LogP) is 2.18. The van der Waals surface area contributed by atoms with Crippen molar-refractivity contribution in [3.63, 3.8) is 0 Å². The Labute approximate surface area is 263 Å². The maximum Gasteiger partial charge on any atom is 0.251 e. The molecule has 2 aromatic carbocycles. The number of hydrogen-bond acceptors (Lipinski definition) is 6. The fourth-order valence-corrected chi connectivity index (χ4v) is 5.21. The van der Waals surface area contributed by atoms with Crippen LogP contribution >= 0.6 is 0 Å². The maximum atomic E-state index is 12.9. The molecule has 2 atom stereocenters. The van der Waals surface area contributed by atoms with Gasteiger partial charge in [0.15, 0.2) is 5.78 Å². The molecule has 4 rings (SSSR count). The van der Waals surface area contributed by atoms with Crippen LogP contribution in [0.15, 0.2) is 48.5 Å². The van der Waals surface area contributed by atoms with Crippen LogP contribution in [0.3, 0.4) is 0 Å². The van der Waals surface area contributed by atoms with Crippen molar-refractivity contribution in [2.24, 2.45) is 5.92 Å². The maximum absolute atomic E-state index is 12.9. The van der Waals surface area contributed by atoms with Crippen LogP contribution in [0.5, 0.6) is 0 Å². The third-order valence-electron chi connectivity index (χ3n) is 8.05. The number of Topliss-reactive ketones (excluding diaryl/α,β-unsaturated/α-hetero) is 1. The van der Waals surface area contributed by atoms with Crippen molar-refractivity contribution < 1.29 is 28.8 Å². The van der Waals surface area contributed by atoms with Crippen molar-refractivity contribution in [3.05, 3.63) is 59.7 Å². The molecule has 0 spiro atoms. The summed E-state index contributed by atoms with van der Waals surface area (Å²) in [6, 6.07) is 13.7. The zero-order valence-electron chi connectivity index (χ0n) is 25.8. The minimum absolute atomic E-state index is 0.00279. The van der Waals surface area contributed by atoms with Crippen molar-refractivity contribution in [3.8, 4) is 11.1 Å². The average molecular weight is 618 g/mol. The van der Waals surface area contributed by atoms with Gasteiger partial charge in [-0.3, -0.25) is 28.8 Å². The van der Waals surface area contributed by atoms with E-state index in [1.165, 1.54) is 5.56 Å². The van der Waals surface area contributed by atoms with Crippen molar-refractivity contribution in [2.45, 2.75) is 76.8 Å². The van der Waals surface area contributed by atoms with Crippen LogP contribution < -0.4 is 26.6 Å². The minimum Gasteiger partial charge on any atom is -0.356 e. The highest BCUT2D eigenvalue weighted by molar-refractivity contribution is 5.98. The molecule has 5 amide bonds. The Balaban J connectivity index is 1.28. The summed E-state index contributed by atoms with van der Waals surface area (Å²) in [4.78, 5) is 75.8. The van der Waals surface area contributed by atoms with Gasteiger partial charge >= 0.3 is 0 Å². The van der Waals surface area contributed by atoms with E-state index in [-0.39, 0.29) is 43.5 Å². The number of ketones is 1.